The second-order valence-electron chi connectivity index (χ2n) is 3.13. The predicted octanol–water partition coefficient (Wildman–Crippen LogP) is 4.29. The van der Waals surface area contributed by atoms with Crippen LogP contribution in [0.15, 0.2) is 23.8 Å². The average Bonchev–Trinajstić information content (AvgIpc) is 2.11. The smallest absolute Gasteiger partial charge is 0.0441 e. The number of rotatable bonds is 2. The van der Waals surface area contributed by atoms with Crippen LogP contribution in [0.3, 0.4) is 0 Å². The van der Waals surface area contributed by atoms with Crippen LogP contribution in [0.1, 0.15) is 18.1 Å². The van der Waals surface area contributed by atoms with E-state index < -0.39 is 0 Å². The van der Waals surface area contributed by atoms with Crippen molar-refractivity contribution in [3.05, 3.63) is 39.9 Å². The van der Waals surface area contributed by atoms with E-state index in [-0.39, 0.29) is 0 Å². The van der Waals surface area contributed by atoms with Crippen LogP contribution in [0, 0.1) is 6.92 Å². The van der Waals surface area contributed by atoms with Crippen molar-refractivity contribution in [3.63, 3.8) is 0 Å². The van der Waals surface area contributed by atoms with E-state index in [4.69, 9.17) is 23.2 Å². The lowest BCUT2D eigenvalue weighted by atomic mass is 10.1. The number of hydrogen-bond donors (Lipinski definition) is 0. The second kappa shape index (κ2) is 4.69. The normalized spacial score (nSPS) is 11.8. The maximum atomic E-state index is 5.98. The average molecular weight is 215 g/mol. The molecule has 0 heterocycles. The Hall–Kier alpha value is -0.460. The molecule has 0 aliphatic carbocycles. The summed E-state index contributed by atoms with van der Waals surface area (Å²) in [4.78, 5) is 0. The molecule has 0 atom stereocenters. The lowest BCUT2D eigenvalue weighted by molar-refractivity contribution is 1.41. The molecule has 0 aliphatic rings. The highest BCUT2D eigenvalue weighted by Gasteiger charge is 1.95. The summed E-state index contributed by atoms with van der Waals surface area (Å²) in [5.41, 5.74) is 3.35. The van der Waals surface area contributed by atoms with Gasteiger partial charge in [0.1, 0.15) is 0 Å². The fourth-order valence-corrected chi connectivity index (χ4v) is 1.29. The lowest BCUT2D eigenvalue weighted by Gasteiger charge is -2.00. The zero-order valence-electron chi connectivity index (χ0n) is 7.77. The van der Waals surface area contributed by atoms with Crippen LogP contribution in [0.4, 0.5) is 0 Å². The van der Waals surface area contributed by atoms with Crippen LogP contribution in [-0.4, -0.2) is 5.88 Å². The van der Waals surface area contributed by atoms with Crippen LogP contribution < -0.4 is 0 Å². The molecule has 0 N–H and O–H groups in total. The standard InChI is InChI=1S/C11H12Cl2/c1-8(7-12)5-10-4-3-9(2)11(13)6-10/h3-6H,7H2,1-2H3/b8-5-. The summed E-state index contributed by atoms with van der Waals surface area (Å²) in [6.45, 7) is 3.99. The molecule has 0 saturated heterocycles. The van der Waals surface area contributed by atoms with E-state index in [1.165, 1.54) is 0 Å². The molecular formula is C11H12Cl2. The molecule has 0 aromatic heterocycles. The Bertz CT molecular complexity index is 327. The topological polar surface area (TPSA) is 0 Å². The van der Waals surface area contributed by atoms with Crippen LogP contribution in [0.5, 0.6) is 0 Å². The van der Waals surface area contributed by atoms with Gasteiger partial charge in [-0.2, -0.15) is 0 Å². The molecule has 70 valence electrons. The Morgan fingerprint density at radius 1 is 1.46 bits per heavy atom. The second-order valence-corrected chi connectivity index (χ2v) is 3.81. The van der Waals surface area contributed by atoms with E-state index in [0.29, 0.717) is 5.88 Å². The molecule has 0 saturated carbocycles. The van der Waals surface area contributed by atoms with Crippen LogP contribution in [-0.2, 0) is 0 Å². The summed E-state index contributed by atoms with van der Waals surface area (Å²) in [6.07, 6.45) is 2.04. The minimum atomic E-state index is 0.561. The third-order valence-electron chi connectivity index (χ3n) is 1.82. The Labute approximate surface area is 89.2 Å². The third-order valence-corrected chi connectivity index (χ3v) is 2.65. The first-order valence-corrected chi connectivity index (χ1v) is 5.04. The maximum absolute atomic E-state index is 5.98. The summed E-state index contributed by atoms with van der Waals surface area (Å²) in [5, 5.41) is 0.802. The number of allylic oxidation sites excluding steroid dienone is 1. The number of aryl methyl sites for hydroxylation is 1. The van der Waals surface area contributed by atoms with Crippen molar-refractivity contribution < 1.29 is 0 Å². The number of benzene rings is 1. The molecule has 0 unspecified atom stereocenters. The molecule has 13 heavy (non-hydrogen) atoms. The van der Waals surface area contributed by atoms with Gasteiger partial charge in [0, 0.05) is 10.9 Å². The van der Waals surface area contributed by atoms with Crippen molar-refractivity contribution in [1.29, 1.82) is 0 Å². The van der Waals surface area contributed by atoms with Crippen LogP contribution >= 0.6 is 23.2 Å². The largest absolute Gasteiger partial charge is 0.122 e. The van der Waals surface area contributed by atoms with E-state index >= 15 is 0 Å². The highest BCUT2D eigenvalue weighted by atomic mass is 35.5. The van der Waals surface area contributed by atoms with Gasteiger partial charge in [-0.3, -0.25) is 0 Å². The molecule has 1 aromatic rings. The van der Waals surface area contributed by atoms with Gasteiger partial charge in [-0.05, 0) is 31.0 Å². The van der Waals surface area contributed by atoms with Crippen molar-refractivity contribution in [2.75, 3.05) is 5.88 Å². The predicted molar refractivity (Wildman–Crippen MR) is 60.6 cm³/mol. The summed E-state index contributed by atoms with van der Waals surface area (Å²) in [5.74, 6) is 0.561. The fraction of sp³-hybridized carbons (Fsp3) is 0.273. The Balaban J connectivity index is 2.98. The molecule has 1 aromatic carbocycles. The summed E-state index contributed by atoms with van der Waals surface area (Å²) >= 11 is 11.6. The van der Waals surface area contributed by atoms with E-state index in [1.807, 2.05) is 38.1 Å². The first-order valence-electron chi connectivity index (χ1n) is 4.13. The van der Waals surface area contributed by atoms with E-state index in [0.717, 1.165) is 21.7 Å². The monoisotopic (exact) mass is 214 g/mol. The Morgan fingerprint density at radius 2 is 2.15 bits per heavy atom. The van der Waals surface area contributed by atoms with Gasteiger partial charge in [-0.15, -0.1) is 11.6 Å². The zero-order valence-corrected chi connectivity index (χ0v) is 9.28. The number of alkyl halides is 1. The van der Waals surface area contributed by atoms with Crippen molar-refractivity contribution in [2.24, 2.45) is 0 Å². The zero-order chi connectivity index (χ0) is 9.84. The summed E-state index contributed by atoms with van der Waals surface area (Å²) < 4.78 is 0. The number of hydrogen-bond acceptors (Lipinski definition) is 0. The van der Waals surface area contributed by atoms with Gasteiger partial charge in [-0.25, -0.2) is 0 Å². The van der Waals surface area contributed by atoms with Gasteiger partial charge in [0.15, 0.2) is 0 Å². The molecule has 0 radical (unpaired) electrons. The highest BCUT2D eigenvalue weighted by Crippen LogP contribution is 2.18. The molecule has 0 amide bonds. The minimum Gasteiger partial charge on any atom is -0.122 e. The van der Waals surface area contributed by atoms with E-state index in [9.17, 15) is 0 Å². The maximum Gasteiger partial charge on any atom is 0.0441 e. The van der Waals surface area contributed by atoms with Gasteiger partial charge in [0.2, 0.25) is 0 Å². The van der Waals surface area contributed by atoms with Crippen LogP contribution in [0.25, 0.3) is 6.08 Å². The molecular weight excluding hydrogens is 203 g/mol. The summed E-state index contributed by atoms with van der Waals surface area (Å²) in [7, 11) is 0. The van der Waals surface area contributed by atoms with E-state index in [1.54, 1.807) is 0 Å². The van der Waals surface area contributed by atoms with Gasteiger partial charge in [0.25, 0.3) is 0 Å². The van der Waals surface area contributed by atoms with Crippen molar-refractivity contribution in [3.8, 4) is 0 Å². The van der Waals surface area contributed by atoms with Gasteiger partial charge < -0.3 is 0 Å². The summed E-state index contributed by atoms with van der Waals surface area (Å²) in [6, 6.07) is 6.00. The Kier molecular flexibility index (Phi) is 3.83. The van der Waals surface area contributed by atoms with Crippen LogP contribution in [0.2, 0.25) is 5.02 Å². The van der Waals surface area contributed by atoms with Crippen molar-refractivity contribution in [2.45, 2.75) is 13.8 Å². The number of halogens is 2. The third kappa shape index (κ3) is 3.06. The molecule has 2 heteroatoms. The molecule has 0 aliphatic heterocycles. The SMILES string of the molecule is C/C(=C/c1ccc(C)c(Cl)c1)CCl. The first kappa shape index (κ1) is 10.6. The quantitative estimate of drug-likeness (QED) is 0.645. The Morgan fingerprint density at radius 3 is 2.69 bits per heavy atom. The van der Waals surface area contributed by atoms with Crippen molar-refractivity contribution >= 4 is 29.3 Å². The van der Waals surface area contributed by atoms with Crippen molar-refractivity contribution in [1.82, 2.24) is 0 Å². The minimum absolute atomic E-state index is 0.561. The molecule has 0 nitrogen and oxygen atoms in total. The highest BCUT2D eigenvalue weighted by molar-refractivity contribution is 6.31. The van der Waals surface area contributed by atoms with Gasteiger partial charge >= 0.3 is 0 Å². The fourth-order valence-electron chi connectivity index (χ4n) is 1.02. The van der Waals surface area contributed by atoms with Gasteiger partial charge in [-0.1, -0.05) is 35.4 Å². The molecule has 0 spiro atoms. The first-order chi connectivity index (χ1) is 6.13. The lowest BCUT2D eigenvalue weighted by Crippen LogP contribution is -1.80. The molecule has 1 rings (SSSR count). The molecule has 0 fully saturated rings. The van der Waals surface area contributed by atoms with E-state index in [2.05, 4.69) is 0 Å². The molecule has 0 bridgehead atoms. The van der Waals surface area contributed by atoms with Gasteiger partial charge in [0.05, 0.1) is 0 Å².